The molecule has 1 aliphatic rings. The van der Waals surface area contributed by atoms with Crippen LogP contribution in [0, 0.1) is 6.92 Å². The van der Waals surface area contributed by atoms with Crippen molar-refractivity contribution in [2.24, 2.45) is 0 Å². The number of nitrogens with zero attached hydrogens (tertiary/aromatic N) is 4. The van der Waals surface area contributed by atoms with Gasteiger partial charge in [0, 0.05) is 17.7 Å². The Morgan fingerprint density at radius 3 is 2.28 bits per heavy atom. The SMILES string of the molecule is Cc1oc(-c2nc(-c3ccc(OC(F)(F)F)cc3)no2)nc1Cc1cccc(N2CC[NH+](C)CC2)c1.O=C([O-])C(F)(F)F. The van der Waals surface area contributed by atoms with Crippen LogP contribution in [0.4, 0.5) is 32.0 Å². The highest BCUT2D eigenvalue weighted by Gasteiger charge is 2.31. The summed E-state index contributed by atoms with van der Waals surface area (Å²) in [6, 6.07) is 13.6. The number of aryl methyl sites for hydroxylation is 1. The van der Waals surface area contributed by atoms with Gasteiger partial charge in [-0.05, 0) is 48.9 Å². The largest absolute Gasteiger partial charge is 0.573 e. The van der Waals surface area contributed by atoms with Crippen molar-refractivity contribution in [1.29, 1.82) is 0 Å². The molecule has 16 heteroatoms. The number of oxazole rings is 1. The molecule has 0 radical (unpaired) electrons. The standard InChI is InChI=1S/C25H24F3N5O3.C2HF3O2/c1-16-21(15-17-4-3-5-19(14-17)33-12-10-32(2)11-13-33)29-23(34-16)24-30-22(31-36-24)18-6-8-20(9-7-18)35-25(26,27)28;3-2(4,5)1(6)7/h3-9,14H,10-13,15H2,1-2H3;(H,6,7). The van der Waals surface area contributed by atoms with E-state index in [0.717, 1.165) is 37.4 Å². The van der Waals surface area contributed by atoms with Gasteiger partial charge in [-0.15, -0.1) is 13.2 Å². The number of ether oxygens (including phenoxy) is 1. The number of piperazine rings is 1. The Kier molecular flexibility index (Phi) is 9.27. The van der Waals surface area contributed by atoms with E-state index in [1.54, 1.807) is 4.90 Å². The number of carbonyl (C=O) groups is 1. The van der Waals surface area contributed by atoms with Crippen LogP contribution < -0.4 is 19.6 Å². The van der Waals surface area contributed by atoms with Gasteiger partial charge in [-0.3, -0.25) is 0 Å². The molecule has 0 bridgehead atoms. The van der Waals surface area contributed by atoms with Crippen LogP contribution in [0.15, 0.2) is 57.5 Å². The summed E-state index contributed by atoms with van der Waals surface area (Å²) in [5.41, 5.74) is 3.55. The molecular formula is C27H25F6N5O5. The fourth-order valence-electron chi connectivity index (χ4n) is 4.12. The monoisotopic (exact) mass is 613 g/mol. The fraction of sp³-hybridized carbons (Fsp3) is 0.333. The van der Waals surface area contributed by atoms with Gasteiger partial charge in [0.15, 0.2) is 0 Å². The van der Waals surface area contributed by atoms with E-state index < -0.39 is 18.5 Å². The minimum atomic E-state index is -5.19. The smallest absolute Gasteiger partial charge is 0.542 e. The van der Waals surface area contributed by atoms with Crippen LogP contribution in [0.5, 0.6) is 5.75 Å². The summed E-state index contributed by atoms with van der Waals surface area (Å²) < 4.78 is 83.6. The molecule has 0 unspecified atom stereocenters. The molecular weight excluding hydrogens is 588 g/mol. The Balaban J connectivity index is 0.000000541. The zero-order valence-electron chi connectivity index (χ0n) is 22.8. The third kappa shape index (κ3) is 8.70. The second-order valence-electron chi connectivity index (χ2n) is 9.59. The molecule has 1 N–H and O–H groups in total. The number of carbonyl (C=O) groups excluding carboxylic acids is 1. The van der Waals surface area contributed by atoms with E-state index in [1.807, 2.05) is 6.92 Å². The molecule has 1 fully saturated rings. The van der Waals surface area contributed by atoms with Gasteiger partial charge in [0.25, 0.3) is 5.89 Å². The minimum Gasteiger partial charge on any atom is -0.542 e. The molecule has 230 valence electrons. The number of alkyl halides is 6. The van der Waals surface area contributed by atoms with Gasteiger partial charge in [0.1, 0.15) is 17.5 Å². The first-order valence-electron chi connectivity index (χ1n) is 12.8. The first kappa shape index (κ1) is 31.3. The lowest BCUT2D eigenvalue weighted by molar-refractivity contribution is -0.880. The predicted octanol–water partition coefficient (Wildman–Crippen LogP) is 2.82. The van der Waals surface area contributed by atoms with E-state index in [0.29, 0.717) is 17.7 Å². The highest BCUT2D eigenvalue weighted by Crippen LogP contribution is 2.28. The van der Waals surface area contributed by atoms with Crippen LogP contribution in [0.25, 0.3) is 23.2 Å². The summed E-state index contributed by atoms with van der Waals surface area (Å²) >= 11 is 0. The third-order valence-corrected chi connectivity index (χ3v) is 6.34. The number of hydrogen-bond acceptors (Lipinski definition) is 9. The number of hydrogen-bond donors (Lipinski definition) is 1. The number of rotatable bonds is 6. The number of halogens is 6. The van der Waals surface area contributed by atoms with E-state index in [1.165, 1.54) is 30.0 Å². The van der Waals surface area contributed by atoms with Gasteiger partial charge >= 0.3 is 18.4 Å². The van der Waals surface area contributed by atoms with Crippen molar-refractivity contribution < 1.29 is 54.8 Å². The van der Waals surface area contributed by atoms with E-state index in [-0.39, 0.29) is 23.4 Å². The molecule has 0 spiro atoms. The van der Waals surface area contributed by atoms with Crippen LogP contribution in [-0.2, 0) is 11.2 Å². The third-order valence-electron chi connectivity index (χ3n) is 6.34. The molecule has 1 saturated heterocycles. The molecule has 0 amide bonds. The van der Waals surface area contributed by atoms with Crippen LogP contribution in [0.2, 0.25) is 0 Å². The molecule has 2 aromatic heterocycles. The number of quaternary nitrogens is 1. The van der Waals surface area contributed by atoms with Gasteiger partial charge < -0.3 is 33.4 Å². The van der Waals surface area contributed by atoms with Gasteiger partial charge in [-0.2, -0.15) is 18.2 Å². The first-order chi connectivity index (χ1) is 20.2. The fourth-order valence-corrected chi connectivity index (χ4v) is 4.12. The van der Waals surface area contributed by atoms with E-state index >= 15 is 0 Å². The highest BCUT2D eigenvalue weighted by molar-refractivity contribution is 5.70. The van der Waals surface area contributed by atoms with Gasteiger partial charge in [-0.1, -0.05) is 17.3 Å². The van der Waals surface area contributed by atoms with E-state index in [4.69, 9.17) is 18.8 Å². The number of benzene rings is 2. The number of carboxylic acid groups (broad SMARTS) is 1. The number of aliphatic carboxylic acids is 1. The average Bonchev–Trinajstić information content (AvgIpc) is 3.56. The Hall–Kier alpha value is -4.60. The Bertz CT molecular complexity index is 1530. The summed E-state index contributed by atoms with van der Waals surface area (Å²) in [5, 5.41) is 12.7. The van der Waals surface area contributed by atoms with Crippen molar-refractivity contribution >= 4 is 11.7 Å². The highest BCUT2D eigenvalue weighted by atomic mass is 19.4. The average molecular weight is 614 g/mol. The molecule has 4 aromatic rings. The molecule has 0 aliphatic carbocycles. The second kappa shape index (κ2) is 12.7. The second-order valence-corrected chi connectivity index (χ2v) is 9.59. The van der Waals surface area contributed by atoms with Crippen molar-refractivity contribution in [3.63, 3.8) is 0 Å². The molecule has 0 atom stereocenters. The van der Waals surface area contributed by atoms with Crippen LogP contribution in [0.3, 0.4) is 0 Å². The zero-order valence-corrected chi connectivity index (χ0v) is 22.8. The minimum absolute atomic E-state index is 0.0867. The topological polar surface area (TPSA) is 122 Å². The zero-order chi connectivity index (χ0) is 31.4. The van der Waals surface area contributed by atoms with Gasteiger partial charge in [0.2, 0.25) is 5.82 Å². The normalized spacial score (nSPS) is 14.3. The number of aromatic nitrogens is 3. The molecule has 1 aliphatic heterocycles. The summed E-state index contributed by atoms with van der Waals surface area (Å²) in [6.07, 6.45) is -9.36. The lowest BCUT2D eigenvalue weighted by atomic mass is 10.1. The van der Waals surface area contributed by atoms with Crippen molar-refractivity contribution in [2.45, 2.75) is 25.9 Å². The molecule has 0 saturated carbocycles. The first-order valence-corrected chi connectivity index (χ1v) is 12.8. The van der Waals surface area contributed by atoms with Crippen molar-refractivity contribution in [2.75, 3.05) is 38.1 Å². The number of nitrogens with one attached hydrogen (secondary N) is 1. The predicted molar refractivity (Wildman–Crippen MR) is 136 cm³/mol. The van der Waals surface area contributed by atoms with Gasteiger partial charge in [-0.25, -0.2) is 4.98 Å². The molecule has 43 heavy (non-hydrogen) atoms. The summed E-state index contributed by atoms with van der Waals surface area (Å²) in [6.45, 7) is 6.12. The molecule has 10 nitrogen and oxygen atoms in total. The lowest BCUT2D eigenvalue weighted by Crippen LogP contribution is -3.12. The van der Waals surface area contributed by atoms with E-state index in [2.05, 4.69) is 56.1 Å². The number of likely N-dealkylation sites (N-methyl/N-ethyl adjacent to an activating group) is 1. The summed E-state index contributed by atoms with van der Waals surface area (Å²) in [4.78, 5) is 21.6. The van der Waals surface area contributed by atoms with Crippen molar-refractivity contribution in [3.05, 3.63) is 65.5 Å². The van der Waals surface area contributed by atoms with Crippen molar-refractivity contribution in [1.82, 2.24) is 15.1 Å². The maximum Gasteiger partial charge on any atom is 0.573 e. The van der Waals surface area contributed by atoms with E-state index in [9.17, 15) is 26.3 Å². The summed E-state index contributed by atoms with van der Waals surface area (Å²) in [5.74, 6) is -2.22. The maximum atomic E-state index is 12.4. The van der Waals surface area contributed by atoms with Gasteiger partial charge in [0.05, 0.1) is 38.9 Å². The lowest BCUT2D eigenvalue weighted by Gasteiger charge is -2.32. The molecule has 3 heterocycles. The van der Waals surface area contributed by atoms with Crippen LogP contribution in [0.1, 0.15) is 17.0 Å². The van der Waals surface area contributed by atoms with Crippen LogP contribution in [-0.4, -0.2) is 66.9 Å². The van der Waals surface area contributed by atoms with Crippen molar-refractivity contribution in [3.8, 4) is 28.9 Å². The number of anilines is 1. The summed E-state index contributed by atoms with van der Waals surface area (Å²) in [7, 11) is 2.22. The number of carboxylic acids is 1. The molecule has 5 rings (SSSR count). The Morgan fingerprint density at radius 2 is 1.67 bits per heavy atom. The quantitative estimate of drug-likeness (QED) is 0.327. The molecule has 2 aromatic carbocycles. The maximum absolute atomic E-state index is 12.4. The Morgan fingerprint density at radius 1 is 1.02 bits per heavy atom. The van der Waals surface area contributed by atoms with Crippen LogP contribution >= 0.6 is 0 Å². The Labute approximate surface area is 240 Å².